The van der Waals surface area contributed by atoms with Crippen molar-refractivity contribution in [2.75, 3.05) is 10.5 Å². The molecule has 3 nitrogen and oxygen atoms in total. The first kappa shape index (κ1) is 22.7. The van der Waals surface area contributed by atoms with Gasteiger partial charge in [-0.15, -0.1) is 0 Å². The molecule has 0 unspecified atom stereocenters. The van der Waals surface area contributed by atoms with Crippen LogP contribution in [0.25, 0.3) is 23.9 Å². The molecule has 2 aromatic rings. The fourth-order valence-corrected chi connectivity index (χ4v) is 3.65. The van der Waals surface area contributed by atoms with Crippen LogP contribution in [0.4, 0.5) is 18.9 Å². The number of hydrogen-bond acceptors (Lipinski definition) is 3. The highest BCUT2D eigenvalue weighted by atomic mass is 32.2. The molecular formula is C22H24F3N3S. The smallest absolute Gasteiger partial charge is 0.340 e. The fraction of sp³-hybridized carbons (Fsp3) is 0.318. The second-order valence-electron chi connectivity index (χ2n) is 6.36. The summed E-state index contributed by atoms with van der Waals surface area (Å²) >= 11 is 1.58. The Morgan fingerprint density at radius 1 is 1.34 bits per heavy atom. The summed E-state index contributed by atoms with van der Waals surface area (Å²) in [7, 11) is 0. The van der Waals surface area contributed by atoms with Gasteiger partial charge in [0, 0.05) is 34.1 Å². The molecule has 2 rings (SSSR count). The third-order valence-corrected chi connectivity index (χ3v) is 5.39. The molecule has 0 radical (unpaired) electrons. The summed E-state index contributed by atoms with van der Waals surface area (Å²) in [5, 5.41) is 10.3. The molecule has 154 valence electrons. The molecule has 0 aliphatic carbocycles. The summed E-state index contributed by atoms with van der Waals surface area (Å²) < 4.78 is 44.8. The van der Waals surface area contributed by atoms with Crippen LogP contribution in [0.3, 0.4) is 0 Å². The largest absolute Gasteiger partial charge is 0.416 e. The van der Waals surface area contributed by atoms with E-state index >= 15 is 0 Å². The normalized spacial score (nSPS) is 12.9. The van der Waals surface area contributed by atoms with Gasteiger partial charge in [0.15, 0.2) is 0 Å². The van der Waals surface area contributed by atoms with Crippen molar-refractivity contribution in [1.82, 2.24) is 4.57 Å². The molecule has 0 saturated carbocycles. The van der Waals surface area contributed by atoms with Gasteiger partial charge in [-0.3, -0.25) is 0 Å². The third kappa shape index (κ3) is 5.07. The molecule has 0 bridgehead atoms. The van der Waals surface area contributed by atoms with E-state index in [1.54, 1.807) is 16.5 Å². The zero-order chi connectivity index (χ0) is 21.6. The number of benzene rings is 1. The van der Waals surface area contributed by atoms with Crippen LogP contribution in [-0.4, -0.2) is 16.5 Å². The average Bonchev–Trinajstić information content (AvgIpc) is 2.96. The number of nitrogens with one attached hydrogen (secondary N) is 1. The molecule has 7 heteroatoms. The van der Waals surface area contributed by atoms with Crippen LogP contribution in [0.5, 0.6) is 0 Å². The highest BCUT2D eigenvalue weighted by Crippen LogP contribution is 2.28. The van der Waals surface area contributed by atoms with Gasteiger partial charge in [-0.25, -0.2) is 0 Å². The van der Waals surface area contributed by atoms with E-state index in [0.717, 1.165) is 35.6 Å². The Balaban J connectivity index is 2.71. The Morgan fingerprint density at radius 2 is 2.07 bits per heavy atom. The first-order valence-corrected chi connectivity index (χ1v) is 10.3. The number of nitriles is 1. The lowest BCUT2D eigenvalue weighted by molar-refractivity contribution is -0.0867. The molecule has 1 aromatic carbocycles. The van der Waals surface area contributed by atoms with Gasteiger partial charge in [-0.05, 0) is 38.5 Å². The number of aromatic nitrogens is 1. The molecule has 1 heterocycles. The molecule has 1 aromatic heterocycles. The predicted molar refractivity (Wildman–Crippen MR) is 116 cm³/mol. The maximum atomic E-state index is 13.3. The molecule has 0 fully saturated rings. The van der Waals surface area contributed by atoms with E-state index in [2.05, 4.69) is 24.3 Å². The van der Waals surface area contributed by atoms with Crippen LogP contribution in [0.1, 0.15) is 32.8 Å². The van der Waals surface area contributed by atoms with Crippen LogP contribution in [0.15, 0.2) is 35.9 Å². The highest BCUT2D eigenvalue weighted by molar-refractivity contribution is 8.00. The van der Waals surface area contributed by atoms with Crippen molar-refractivity contribution in [3.05, 3.63) is 52.0 Å². The maximum absolute atomic E-state index is 13.3. The number of allylic oxidation sites excluding steroid dienone is 2. The number of halogens is 3. The Labute approximate surface area is 173 Å². The molecule has 0 saturated heterocycles. The summed E-state index contributed by atoms with van der Waals surface area (Å²) in [6, 6.07) is 9.65. The summed E-state index contributed by atoms with van der Waals surface area (Å²) in [6.07, 6.45) is -1.36. The molecule has 0 spiro atoms. The van der Waals surface area contributed by atoms with Crippen molar-refractivity contribution < 1.29 is 13.2 Å². The monoisotopic (exact) mass is 419 g/mol. The van der Waals surface area contributed by atoms with E-state index in [1.165, 1.54) is 6.92 Å². The van der Waals surface area contributed by atoms with Gasteiger partial charge in [0.1, 0.15) is 6.07 Å². The molecular weight excluding hydrogens is 395 g/mol. The van der Waals surface area contributed by atoms with Gasteiger partial charge in [0.2, 0.25) is 0 Å². The van der Waals surface area contributed by atoms with Crippen molar-refractivity contribution in [2.24, 2.45) is 0 Å². The van der Waals surface area contributed by atoms with Gasteiger partial charge in [0.25, 0.3) is 0 Å². The minimum Gasteiger partial charge on any atom is -0.340 e. The lowest BCUT2D eigenvalue weighted by atomic mass is 10.1. The summed E-state index contributed by atoms with van der Waals surface area (Å²) in [5.74, 6) is 0.949. The fourth-order valence-electron chi connectivity index (χ4n) is 3.05. The van der Waals surface area contributed by atoms with E-state index in [9.17, 15) is 18.4 Å². The van der Waals surface area contributed by atoms with Crippen molar-refractivity contribution in [3.63, 3.8) is 0 Å². The standard InChI is InChI=1S/C22H24F3N3S/c1-5-11-29-27-18-10-8-9-16(12-18)21-19(14-26)15(4)20(28(21)7-3)13-17(6-2)22(23,24)25/h6,8-10,12-13,27H,4-5,7,11H2,1-3H3/b17-6+,20-13+. The first-order chi connectivity index (χ1) is 13.8. The SMILES string of the molecule is C=c1c(C#N)c(-c2cccc(NSCCC)c2)n(CC)/c1=C/C(=C\C)C(F)(F)F. The Morgan fingerprint density at radius 3 is 2.62 bits per heavy atom. The van der Waals surface area contributed by atoms with E-state index in [0.29, 0.717) is 22.8 Å². The van der Waals surface area contributed by atoms with Gasteiger partial charge in [-0.1, -0.05) is 43.7 Å². The zero-order valence-corrected chi connectivity index (χ0v) is 17.5. The van der Waals surface area contributed by atoms with Gasteiger partial charge in [-0.2, -0.15) is 18.4 Å². The molecule has 29 heavy (non-hydrogen) atoms. The van der Waals surface area contributed by atoms with E-state index < -0.39 is 11.7 Å². The Kier molecular flexibility index (Phi) is 7.63. The summed E-state index contributed by atoms with van der Waals surface area (Å²) in [5.41, 5.74) is 1.72. The minimum absolute atomic E-state index is 0.286. The van der Waals surface area contributed by atoms with Crippen LogP contribution in [0, 0.1) is 11.3 Å². The number of rotatable bonds is 7. The van der Waals surface area contributed by atoms with Crippen LogP contribution in [-0.2, 0) is 6.54 Å². The van der Waals surface area contributed by atoms with E-state index in [1.807, 2.05) is 31.2 Å². The topological polar surface area (TPSA) is 40.8 Å². The molecule has 0 aliphatic heterocycles. The average molecular weight is 420 g/mol. The van der Waals surface area contributed by atoms with Crippen molar-refractivity contribution in [1.29, 1.82) is 5.26 Å². The molecule has 0 aliphatic rings. The minimum atomic E-state index is -4.47. The maximum Gasteiger partial charge on any atom is 0.416 e. The first-order valence-electron chi connectivity index (χ1n) is 9.33. The summed E-state index contributed by atoms with van der Waals surface area (Å²) in [6.45, 7) is 9.59. The zero-order valence-electron chi connectivity index (χ0n) is 16.7. The number of nitrogens with zero attached hydrogens (tertiary/aromatic N) is 2. The molecule has 0 atom stereocenters. The highest BCUT2D eigenvalue weighted by Gasteiger charge is 2.31. The summed E-state index contributed by atoms with van der Waals surface area (Å²) in [4.78, 5) is 0. The van der Waals surface area contributed by atoms with E-state index in [4.69, 9.17) is 0 Å². The number of alkyl halides is 3. The second kappa shape index (κ2) is 9.75. The van der Waals surface area contributed by atoms with Crippen LogP contribution in [0.2, 0.25) is 0 Å². The van der Waals surface area contributed by atoms with Crippen LogP contribution >= 0.6 is 11.9 Å². The van der Waals surface area contributed by atoms with Crippen molar-refractivity contribution in [3.8, 4) is 17.3 Å². The Bertz CT molecular complexity index is 1040. The lowest BCUT2D eigenvalue weighted by Crippen LogP contribution is -2.30. The van der Waals surface area contributed by atoms with E-state index in [-0.39, 0.29) is 5.56 Å². The quantitative estimate of drug-likeness (QED) is 0.494. The van der Waals surface area contributed by atoms with Crippen LogP contribution < -0.4 is 15.3 Å². The molecule has 0 amide bonds. The number of hydrogen-bond donors (Lipinski definition) is 1. The van der Waals surface area contributed by atoms with Gasteiger partial charge >= 0.3 is 6.18 Å². The van der Waals surface area contributed by atoms with Gasteiger partial charge in [0.05, 0.1) is 16.8 Å². The van der Waals surface area contributed by atoms with Crippen molar-refractivity contribution in [2.45, 2.75) is 39.9 Å². The third-order valence-electron chi connectivity index (χ3n) is 4.40. The second-order valence-corrected chi connectivity index (χ2v) is 7.26. The number of anilines is 1. The lowest BCUT2D eigenvalue weighted by Gasteiger charge is -2.11. The van der Waals surface area contributed by atoms with Gasteiger partial charge < -0.3 is 9.29 Å². The van der Waals surface area contributed by atoms with Crippen molar-refractivity contribution >= 4 is 30.3 Å². The Hall–Kier alpha value is -2.59. The molecule has 1 N–H and O–H groups in total. The predicted octanol–water partition coefficient (Wildman–Crippen LogP) is 5.22.